The fourth-order valence-corrected chi connectivity index (χ4v) is 2.32. The number of alkyl halides is 3. The average molecular weight is 381 g/mol. The van der Waals surface area contributed by atoms with E-state index in [0.29, 0.717) is 11.6 Å². The van der Waals surface area contributed by atoms with Gasteiger partial charge < -0.3 is 10.2 Å². The van der Waals surface area contributed by atoms with Gasteiger partial charge in [-0.2, -0.15) is 13.2 Å². The minimum absolute atomic E-state index is 0.0158. The van der Waals surface area contributed by atoms with Gasteiger partial charge in [0.15, 0.2) is 0 Å². The maximum absolute atomic E-state index is 12.6. The number of amides is 2. The van der Waals surface area contributed by atoms with E-state index < -0.39 is 11.7 Å². The molecule has 2 rings (SSSR count). The van der Waals surface area contributed by atoms with E-state index in [1.165, 1.54) is 17.0 Å². The molecule has 0 aliphatic carbocycles. The maximum Gasteiger partial charge on any atom is 0.416 e. The molecule has 0 aromatic heterocycles. The van der Waals surface area contributed by atoms with E-state index in [4.69, 9.17) is 11.6 Å². The summed E-state index contributed by atoms with van der Waals surface area (Å²) in [5.41, 5.74) is 0.285. The van der Waals surface area contributed by atoms with E-state index in [1.807, 2.05) is 12.1 Å². The molecule has 3 nitrogen and oxygen atoms in total. The summed E-state index contributed by atoms with van der Waals surface area (Å²) in [6.45, 7) is 0.342. The predicted molar refractivity (Wildman–Crippen MR) is 94.6 cm³/mol. The number of benzene rings is 2. The number of urea groups is 1. The smallest absolute Gasteiger partial charge is 0.327 e. The van der Waals surface area contributed by atoms with Gasteiger partial charge in [0, 0.05) is 24.2 Å². The molecule has 0 aliphatic heterocycles. The number of nitrogens with one attached hydrogen (secondary N) is 1. The summed E-state index contributed by atoms with van der Waals surface area (Å²) in [6.07, 6.45) is -4.41. The molecule has 1 N–H and O–H groups in total. The van der Waals surface area contributed by atoms with Gasteiger partial charge in [0.1, 0.15) is 0 Å². The van der Waals surface area contributed by atoms with Gasteiger partial charge in [-0.3, -0.25) is 0 Å². The van der Waals surface area contributed by atoms with Crippen molar-refractivity contribution in [2.24, 2.45) is 0 Å². The third kappa shape index (κ3) is 5.71. The third-order valence-corrected chi connectivity index (χ3v) is 3.83. The van der Waals surface area contributed by atoms with E-state index >= 15 is 0 Å². The zero-order valence-corrected chi connectivity index (χ0v) is 14.7. The Kier molecular flexibility index (Phi) is 6.53. The lowest BCUT2D eigenvalue weighted by molar-refractivity contribution is -0.137. The van der Waals surface area contributed by atoms with Crippen LogP contribution in [0.5, 0.6) is 0 Å². The van der Waals surface area contributed by atoms with E-state index in [0.717, 1.165) is 17.7 Å². The van der Waals surface area contributed by atoms with Crippen LogP contribution >= 0.6 is 11.6 Å². The Morgan fingerprint density at radius 1 is 1.19 bits per heavy atom. The molecule has 0 heterocycles. The van der Waals surface area contributed by atoms with E-state index in [-0.39, 0.29) is 18.1 Å². The van der Waals surface area contributed by atoms with Crippen molar-refractivity contribution in [2.75, 3.05) is 13.6 Å². The molecule has 0 fully saturated rings. The molecule has 26 heavy (non-hydrogen) atoms. The predicted octanol–water partition coefficient (Wildman–Crippen LogP) is 4.55. The summed E-state index contributed by atoms with van der Waals surface area (Å²) in [6, 6.07) is 11.6. The van der Waals surface area contributed by atoms with Crippen molar-refractivity contribution < 1.29 is 18.0 Å². The van der Waals surface area contributed by atoms with Crippen LogP contribution < -0.4 is 5.32 Å². The summed E-state index contributed by atoms with van der Waals surface area (Å²) in [5, 5.41) is 3.15. The third-order valence-electron chi connectivity index (χ3n) is 3.46. The average Bonchev–Trinajstić information content (AvgIpc) is 2.60. The molecule has 0 saturated carbocycles. The Morgan fingerprint density at radius 3 is 2.62 bits per heavy atom. The van der Waals surface area contributed by atoms with Gasteiger partial charge in [0.2, 0.25) is 0 Å². The highest BCUT2D eigenvalue weighted by atomic mass is 35.5. The van der Waals surface area contributed by atoms with Crippen LogP contribution in [0.15, 0.2) is 48.5 Å². The fraction of sp³-hybridized carbons (Fsp3) is 0.211. The van der Waals surface area contributed by atoms with Crippen molar-refractivity contribution in [3.8, 4) is 11.8 Å². The van der Waals surface area contributed by atoms with Gasteiger partial charge >= 0.3 is 12.2 Å². The molecule has 0 atom stereocenters. The van der Waals surface area contributed by atoms with Crippen LogP contribution in [0, 0.1) is 11.8 Å². The Bertz CT molecular complexity index is 840. The minimum atomic E-state index is -4.41. The first-order chi connectivity index (χ1) is 12.3. The topological polar surface area (TPSA) is 32.3 Å². The Labute approximate surface area is 154 Å². The number of hydrogen-bond donors (Lipinski definition) is 1. The van der Waals surface area contributed by atoms with E-state index in [9.17, 15) is 18.0 Å². The van der Waals surface area contributed by atoms with Crippen LogP contribution in [0.25, 0.3) is 0 Å². The molecule has 2 aromatic rings. The normalized spacial score (nSPS) is 10.7. The molecule has 0 radical (unpaired) electrons. The second-order valence-corrected chi connectivity index (χ2v) is 5.89. The van der Waals surface area contributed by atoms with Crippen LogP contribution in [-0.4, -0.2) is 24.5 Å². The lowest BCUT2D eigenvalue weighted by Crippen LogP contribution is -2.37. The first-order valence-corrected chi connectivity index (χ1v) is 8.03. The van der Waals surface area contributed by atoms with Crippen molar-refractivity contribution in [2.45, 2.75) is 12.7 Å². The molecule has 0 spiro atoms. The zero-order chi connectivity index (χ0) is 19.2. The Morgan fingerprint density at radius 2 is 1.92 bits per heavy atom. The van der Waals surface area contributed by atoms with Crippen LogP contribution in [0.3, 0.4) is 0 Å². The Hall–Kier alpha value is -2.65. The summed E-state index contributed by atoms with van der Waals surface area (Å²) in [5.74, 6) is 5.25. The standard InChI is InChI=1S/C19H16ClF3N2O/c1-25(13-15-8-2-3-10-17(15)20)18(26)24-11-5-7-14-6-4-9-16(12-14)19(21,22)23/h2-4,6,8-10,12H,11,13H2,1H3,(H,24,26). The lowest BCUT2D eigenvalue weighted by atomic mass is 10.1. The molecule has 7 heteroatoms. The minimum Gasteiger partial charge on any atom is -0.327 e. The van der Waals surface area contributed by atoms with Gasteiger partial charge in [-0.05, 0) is 29.8 Å². The van der Waals surface area contributed by atoms with Gasteiger partial charge in [-0.1, -0.05) is 47.7 Å². The van der Waals surface area contributed by atoms with Crippen LogP contribution in [0.1, 0.15) is 16.7 Å². The first-order valence-electron chi connectivity index (χ1n) is 7.66. The largest absolute Gasteiger partial charge is 0.416 e. The molecule has 0 saturated heterocycles. The van der Waals surface area contributed by atoms with Crippen LogP contribution in [-0.2, 0) is 12.7 Å². The summed E-state index contributed by atoms with van der Waals surface area (Å²) in [7, 11) is 1.61. The second-order valence-electron chi connectivity index (χ2n) is 5.49. The molecule has 0 bridgehead atoms. The highest BCUT2D eigenvalue weighted by molar-refractivity contribution is 6.31. The highest BCUT2D eigenvalue weighted by Gasteiger charge is 2.30. The number of carbonyl (C=O) groups excluding carboxylic acids is 1. The van der Waals surface area contributed by atoms with Crippen LogP contribution in [0.2, 0.25) is 5.02 Å². The number of hydrogen-bond acceptors (Lipinski definition) is 1. The molecule has 2 aromatic carbocycles. The van der Waals surface area contributed by atoms with Crippen molar-refractivity contribution in [3.05, 3.63) is 70.2 Å². The summed E-state index contributed by atoms with van der Waals surface area (Å²) >= 11 is 6.05. The fourth-order valence-electron chi connectivity index (χ4n) is 2.13. The SMILES string of the molecule is CN(Cc1ccccc1Cl)C(=O)NCC#Cc1cccc(C(F)(F)F)c1. The number of nitrogens with zero attached hydrogens (tertiary/aromatic N) is 1. The van der Waals surface area contributed by atoms with Crippen molar-refractivity contribution in [3.63, 3.8) is 0 Å². The molecule has 136 valence electrons. The number of carbonyl (C=O) groups is 1. The quantitative estimate of drug-likeness (QED) is 0.778. The molecular formula is C19H16ClF3N2O. The maximum atomic E-state index is 12.6. The number of halogens is 4. The lowest BCUT2D eigenvalue weighted by Gasteiger charge is -2.17. The molecular weight excluding hydrogens is 365 g/mol. The van der Waals surface area contributed by atoms with E-state index in [2.05, 4.69) is 17.2 Å². The van der Waals surface area contributed by atoms with Crippen molar-refractivity contribution in [1.29, 1.82) is 0 Å². The number of rotatable bonds is 3. The van der Waals surface area contributed by atoms with Crippen molar-refractivity contribution >= 4 is 17.6 Å². The van der Waals surface area contributed by atoms with Crippen molar-refractivity contribution in [1.82, 2.24) is 10.2 Å². The van der Waals surface area contributed by atoms with Gasteiger partial charge in [-0.25, -0.2) is 4.79 Å². The molecule has 0 aliphatic rings. The zero-order valence-electron chi connectivity index (χ0n) is 13.9. The first kappa shape index (κ1) is 19.7. The highest BCUT2D eigenvalue weighted by Crippen LogP contribution is 2.29. The van der Waals surface area contributed by atoms with Gasteiger partial charge in [0.25, 0.3) is 0 Å². The second kappa shape index (κ2) is 8.63. The molecule has 0 unspecified atom stereocenters. The monoisotopic (exact) mass is 380 g/mol. The van der Waals surface area contributed by atoms with E-state index in [1.54, 1.807) is 19.2 Å². The van der Waals surface area contributed by atoms with Gasteiger partial charge in [0.05, 0.1) is 12.1 Å². The summed E-state index contributed by atoms with van der Waals surface area (Å²) in [4.78, 5) is 13.4. The summed E-state index contributed by atoms with van der Waals surface area (Å²) < 4.78 is 37.9. The molecule has 2 amide bonds. The Balaban J connectivity index is 1.89. The van der Waals surface area contributed by atoms with Gasteiger partial charge in [-0.15, -0.1) is 0 Å². The van der Waals surface area contributed by atoms with Crippen LogP contribution in [0.4, 0.5) is 18.0 Å².